The molecule has 174 valence electrons. The number of aromatic nitrogens is 2. The first-order chi connectivity index (χ1) is 15.9. The quantitative estimate of drug-likeness (QED) is 0.622. The summed E-state index contributed by atoms with van der Waals surface area (Å²) in [6.45, 7) is 6.13. The van der Waals surface area contributed by atoms with Crippen LogP contribution in [0.3, 0.4) is 0 Å². The summed E-state index contributed by atoms with van der Waals surface area (Å²) in [5, 5.41) is 3.25. The minimum Gasteiger partial charge on any atom is -0.363 e. The molecule has 0 spiro atoms. The van der Waals surface area contributed by atoms with Gasteiger partial charge in [-0.3, -0.25) is 13.9 Å². The highest BCUT2D eigenvalue weighted by Gasteiger charge is 2.24. The molecule has 1 aliphatic rings. The highest BCUT2D eigenvalue weighted by atomic mass is 19.1. The lowest BCUT2D eigenvalue weighted by atomic mass is 10.0. The summed E-state index contributed by atoms with van der Waals surface area (Å²) < 4.78 is 31.4. The predicted octanol–water partition coefficient (Wildman–Crippen LogP) is 2.86. The lowest BCUT2D eigenvalue weighted by molar-refractivity contribution is 0.494. The van der Waals surface area contributed by atoms with Crippen molar-refractivity contribution in [1.29, 1.82) is 0 Å². The largest absolute Gasteiger partial charge is 0.363 e. The molecule has 2 heterocycles. The Balaban J connectivity index is 1.85. The van der Waals surface area contributed by atoms with E-state index in [1.165, 1.54) is 27.3 Å². The van der Waals surface area contributed by atoms with Gasteiger partial charge < -0.3 is 10.2 Å². The van der Waals surface area contributed by atoms with Crippen LogP contribution in [0.4, 0.5) is 14.5 Å². The second-order valence-electron chi connectivity index (χ2n) is 8.47. The molecule has 1 fully saturated rings. The van der Waals surface area contributed by atoms with Crippen LogP contribution in [0.5, 0.6) is 0 Å². The van der Waals surface area contributed by atoms with E-state index in [1.807, 2.05) is 42.2 Å². The monoisotopic (exact) mass is 454 g/mol. The zero-order chi connectivity index (χ0) is 23.5. The summed E-state index contributed by atoms with van der Waals surface area (Å²) in [7, 11) is 0. The molecule has 0 amide bonds. The number of hydrogen-bond acceptors (Lipinski definition) is 4. The maximum atomic E-state index is 14.4. The first-order valence-corrected chi connectivity index (χ1v) is 11.2. The van der Waals surface area contributed by atoms with Gasteiger partial charge in [-0.15, -0.1) is 0 Å². The van der Waals surface area contributed by atoms with E-state index in [9.17, 15) is 18.4 Å². The minimum atomic E-state index is -0.722. The highest BCUT2D eigenvalue weighted by molar-refractivity contribution is 5.49. The van der Waals surface area contributed by atoms with Gasteiger partial charge in [-0.2, -0.15) is 0 Å². The number of nitrogens with zero attached hydrogens (tertiary/aromatic N) is 3. The normalized spacial score (nSPS) is 15.0. The van der Waals surface area contributed by atoms with Crippen molar-refractivity contribution in [3.05, 3.63) is 97.8 Å². The van der Waals surface area contributed by atoms with Crippen LogP contribution in [0, 0.1) is 18.6 Å². The van der Waals surface area contributed by atoms with Crippen molar-refractivity contribution in [2.75, 3.05) is 31.1 Å². The van der Waals surface area contributed by atoms with Gasteiger partial charge in [-0.25, -0.2) is 13.6 Å². The number of nitrogens with one attached hydrogen (secondary N) is 1. The van der Waals surface area contributed by atoms with E-state index in [2.05, 4.69) is 5.32 Å². The molecule has 0 aliphatic carbocycles. The minimum absolute atomic E-state index is 0.103. The fourth-order valence-corrected chi connectivity index (χ4v) is 4.39. The predicted molar refractivity (Wildman–Crippen MR) is 125 cm³/mol. The number of anilines is 1. The number of benzene rings is 2. The van der Waals surface area contributed by atoms with Crippen molar-refractivity contribution in [3.63, 3.8) is 0 Å². The van der Waals surface area contributed by atoms with Crippen LogP contribution in [0.1, 0.15) is 29.7 Å². The average Bonchev–Trinajstić information content (AvgIpc) is 2.82. The van der Waals surface area contributed by atoms with Gasteiger partial charge in [-0.1, -0.05) is 43.3 Å². The summed E-state index contributed by atoms with van der Waals surface area (Å²) in [6, 6.07) is 13.3. The van der Waals surface area contributed by atoms with Crippen LogP contribution in [0.2, 0.25) is 0 Å². The Bertz CT molecular complexity index is 1230. The van der Waals surface area contributed by atoms with Gasteiger partial charge in [0, 0.05) is 44.0 Å². The van der Waals surface area contributed by atoms with E-state index in [-0.39, 0.29) is 30.1 Å². The van der Waals surface area contributed by atoms with Crippen molar-refractivity contribution in [2.45, 2.75) is 32.9 Å². The van der Waals surface area contributed by atoms with Crippen LogP contribution in [-0.2, 0) is 13.1 Å². The van der Waals surface area contributed by atoms with Crippen LogP contribution in [-0.4, -0.2) is 35.3 Å². The zero-order valence-electron chi connectivity index (χ0n) is 18.9. The summed E-state index contributed by atoms with van der Waals surface area (Å²) in [4.78, 5) is 29.0. The molecule has 4 rings (SSSR count). The summed E-state index contributed by atoms with van der Waals surface area (Å²) in [5.74, 6) is -1.55. The first-order valence-electron chi connectivity index (χ1n) is 11.2. The third-order valence-electron chi connectivity index (χ3n) is 6.29. The fraction of sp³-hybridized carbons (Fsp3) is 0.360. The Morgan fingerprint density at radius 2 is 1.58 bits per heavy atom. The van der Waals surface area contributed by atoms with Gasteiger partial charge in [-0.05, 0) is 30.5 Å². The molecule has 0 saturated carbocycles. The molecule has 33 heavy (non-hydrogen) atoms. The maximum absolute atomic E-state index is 14.4. The molecule has 3 aromatic rings. The SMILES string of the molecule is Cc1c(N2CCNCC2)c(=O)n(C[C@H](C)c2ccccc2)c(=O)n1Cc1c(F)cccc1F. The van der Waals surface area contributed by atoms with Crippen molar-refractivity contribution in [1.82, 2.24) is 14.5 Å². The van der Waals surface area contributed by atoms with E-state index in [0.717, 1.165) is 5.56 Å². The van der Waals surface area contributed by atoms with E-state index in [0.29, 0.717) is 37.6 Å². The molecule has 2 aromatic carbocycles. The molecule has 8 heteroatoms. The summed E-state index contributed by atoms with van der Waals surface area (Å²) >= 11 is 0. The van der Waals surface area contributed by atoms with E-state index in [1.54, 1.807) is 6.92 Å². The molecule has 1 aromatic heterocycles. The lowest BCUT2D eigenvalue weighted by Crippen LogP contribution is -2.50. The number of rotatable bonds is 6. The molecular formula is C25H28F2N4O2. The molecule has 1 saturated heterocycles. The summed E-state index contributed by atoms with van der Waals surface area (Å²) in [6.07, 6.45) is 0. The lowest BCUT2D eigenvalue weighted by Gasteiger charge is -2.31. The van der Waals surface area contributed by atoms with Gasteiger partial charge in [0.1, 0.15) is 17.3 Å². The molecule has 0 unspecified atom stereocenters. The first kappa shape index (κ1) is 22.9. The third-order valence-corrected chi connectivity index (χ3v) is 6.29. The van der Waals surface area contributed by atoms with Crippen molar-refractivity contribution < 1.29 is 8.78 Å². The van der Waals surface area contributed by atoms with Gasteiger partial charge in [0.05, 0.1) is 6.54 Å². The Labute approximate surface area is 191 Å². The number of halogens is 2. The second kappa shape index (κ2) is 9.70. The average molecular weight is 455 g/mol. The smallest absolute Gasteiger partial charge is 0.331 e. The standard InChI is InChI=1S/C25H28F2N4O2/c1-17(19-7-4-3-5-8-19)15-31-24(32)23(29-13-11-28-12-14-29)18(2)30(25(31)33)16-20-21(26)9-6-10-22(20)27/h3-10,17,28H,11-16H2,1-2H3/t17-/m0/s1. The van der Waals surface area contributed by atoms with Crippen molar-refractivity contribution >= 4 is 5.69 Å². The molecule has 0 radical (unpaired) electrons. The van der Waals surface area contributed by atoms with Crippen LogP contribution in [0.15, 0.2) is 58.1 Å². The third kappa shape index (κ3) is 4.61. The second-order valence-corrected chi connectivity index (χ2v) is 8.47. The Kier molecular flexibility index (Phi) is 6.74. The fourth-order valence-electron chi connectivity index (χ4n) is 4.39. The summed E-state index contributed by atoms with van der Waals surface area (Å²) in [5.41, 5.74) is 0.690. The Hall–Kier alpha value is -3.26. The van der Waals surface area contributed by atoms with E-state index < -0.39 is 17.3 Å². The van der Waals surface area contributed by atoms with Crippen molar-refractivity contribution in [3.8, 4) is 0 Å². The van der Waals surface area contributed by atoms with Gasteiger partial charge in [0.25, 0.3) is 5.56 Å². The molecule has 0 bridgehead atoms. The Morgan fingerprint density at radius 3 is 2.21 bits per heavy atom. The van der Waals surface area contributed by atoms with Crippen LogP contribution in [0.25, 0.3) is 0 Å². The zero-order valence-corrected chi connectivity index (χ0v) is 18.9. The van der Waals surface area contributed by atoms with E-state index >= 15 is 0 Å². The molecule has 6 nitrogen and oxygen atoms in total. The van der Waals surface area contributed by atoms with Crippen LogP contribution < -0.4 is 21.5 Å². The van der Waals surface area contributed by atoms with Crippen molar-refractivity contribution in [2.24, 2.45) is 0 Å². The van der Waals surface area contributed by atoms with Gasteiger partial charge >= 0.3 is 5.69 Å². The molecule has 1 atom stereocenters. The highest BCUT2D eigenvalue weighted by Crippen LogP contribution is 2.20. The number of hydrogen-bond donors (Lipinski definition) is 1. The molecule has 1 N–H and O–H groups in total. The maximum Gasteiger partial charge on any atom is 0.331 e. The van der Waals surface area contributed by atoms with E-state index in [4.69, 9.17) is 0 Å². The molecular weight excluding hydrogens is 426 g/mol. The van der Waals surface area contributed by atoms with Gasteiger partial charge in [0.2, 0.25) is 0 Å². The van der Waals surface area contributed by atoms with Crippen LogP contribution >= 0.6 is 0 Å². The number of piperazine rings is 1. The topological polar surface area (TPSA) is 59.3 Å². The Morgan fingerprint density at radius 1 is 0.939 bits per heavy atom. The molecule has 1 aliphatic heterocycles. The van der Waals surface area contributed by atoms with Gasteiger partial charge in [0.15, 0.2) is 0 Å².